The number of likely N-dealkylation sites (tertiary alicyclic amines) is 1. The third-order valence-corrected chi connectivity index (χ3v) is 4.19. The fourth-order valence-electron chi connectivity index (χ4n) is 3.06. The van der Waals surface area contributed by atoms with Gasteiger partial charge in [-0.05, 0) is 40.0 Å². The first-order valence-electron chi connectivity index (χ1n) is 8.55. The van der Waals surface area contributed by atoms with Gasteiger partial charge in [0.2, 0.25) is 0 Å². The van der Waals surface area contributed by atoms with Gasteiger partial charge in [0.1, 0.15) is 11.6 Å². The van der Waals surface area contributed by atoms with Crippen LogP contribution in [-0.4, -0.2) is 67.1 Å². The molecular weight excluding hydrogens is 312 g/mol. The number of amides is 1. The van der Waals surface area contributed by atoms with Crippen LogP contribution in [0, 0.1) is 5.41 Å². The highest BCUT2D eigenvalue weighted by atomic mass is 16.6. The van der Waals surface area contributed by atoms with Gasteiger partial charge < -0.3 is 24.8 Å². The SMILES string of the molecule is CCC(NCC1(COC)CCCN(C(=O)OC(C)(C)C)C1)C(=O)O. The minimum absolute atomic E-state index is 0.299. The molecule has 24 heavy (non-hydrogen) atoms. The Labute approximate surface area is 144 Å². The van der Waals surface area contributed by atoms with Crippen molar-refractivity contribution in [2.24, 2.45) is 5.41 Å². The molecule has 0 spiro atoms. The fraction of sp³-hybridized carbons (Fsp3) is 0.882. The lowest BCUT2D eigenvalue weighted by Gasteiger charge is -2.43. The third kappa shape index (κ3) is 6.28. The van der Waals surface area contributed by atoms with E-state index in [0.717, 1.165) is 12.8 Å². The number of nitrogens with one attached hydrogen (secondary N) is 1. The number of carbonyl (C=O) groups excluding carboxylic acids is 1. The van der Waals surface area contributed by atoms with Crippen molar-refractivity contribution in [3.8, 4) is 0 Å². The summed E-state index contributed by atoms with van der Waals surface area (Å²) >= 11 is 0. The van der Waals surface area contributed by atoms with Crippen LogP contribution in [0.15, 0.2) is 0 Å². The lowest BCUT2D eigenvalue weighted by Crippen LogP contribution is -2.55. The zero-order valence-corrected chi connectivity index (χ0v) is 15.6. The molecule has 0 aromatic rings. The Morgan fingerprint density at radius 3 is 2.54 bits per heavy atom. The largest absolute Gasteiger partial charge is 0.480 e. The summed E-state index contributed by atoms with van der Waals surface area (Å²) in [6.07, 6.45) is 1.90. The van der Waals surface area contributed by atoms with Crippen molar-refractivity contribution < 1.29 is 24.2 Å². The Hall–Kier alpha value is -1.34. The average molecular weight is 344 g/mol. The number of rotatable bonds is 7. The second-order valence-corrected chi connectivity index (χ2v) is 7.62. The highest BCUT2D eigenvalue weighted by molar-refractivity contribution is 5.73. The van der Waals surface area contributed by atoms with Crippen LogP contribution in [0.4, 0.5) is 4.79 Å². The van der Waals surface area contributed by atoms with E-state index in [1.807, 2.05) is 27.7 Å². The van der Waals surface area contributed by atoms with Gasteiger partial charge in [0.15, 0.2) is 0 Å². The maximum Gasteiger partial charge on any atom is 0.410 e. The molecule has 1 amide bonds. The van der Waals surface area contributed by atoms with Crippen molar-refractivity contribution in [3.05, 3.63) is 0 Å². The highest BCUT2D eigenvalue weighted by Crippen LogP contribution is 2.31. The molecule has 140 valence electrons. The first-order valence-corrected chi connectivity index (χ1v) is 8.55. The monoisotopic (exact) mass is 344 g/mol. The Balaban J connectivity index is 2.77. The Kier molecular flexibility index (Phi) is 7.48. The quantitative estimate of drug-likeness (QED) is 0.735. The second kappa shape index (κ2) is 8.67. The molecule has 0 aromatic heterocycles. The minimum Gasteiger partial charge on any atom is -0.480 e. The summed E-state index contributed by atoms with van der Waals surface area (Å²) in [5.41, 5.74) is -0.833. The molecule has 1 aliphatic heterocycles. The van der Waals surface area contributed by atoms with E-state index < -0.39 is 17.6 Å². The Bertz CT molecular complexity index is 431. The van der Waals surface area contributed by atoms with Crippen LogP contribution in [0.25, 0.3) is 0 Å². The molecule has 0 radical (unpaired) electrons. The molecule has 0 saturated carbocycles. The van der Waals surface area contributed by atoms with Gasteiger partial charge in [-0.15, -0.1) is 0 Å². The van der Waals surface area contributed by atoms with Crippen LogP contribution in [0.1, 0.15) is 47.0 Å². The van der Waals surface area contributed by atoms with Gasteiger partial charge in [-0.3, -0.25) is 4.79 Å². The zero-order valence-electron chi connectivity index (χ0n) is 15.6. The molecule has 7 heteroatoms. The fourth-order valence-corrected chi connectivity index (χ4v) is 3.06. The van der Waals surface area contributed by atoms with E-state index in [0.29, 0.717) is 32.7 Å². The first-order chi connectivity index (χ1) is 11.1. The average Bonchev–Trinajstić information content (AvgIpc) is 2.46. The van der Waals surface area contributed by atoms with Crippen LogP contribution in [-0.2, 0) is 14.3 Å². The van der Waals surface area contributed by atoms with E-state index in [1.54, 1.807) is 12.0 Å². The maximum absolute atomic E-state index is 12.4. The molecule has 0 bridgehead atoms. The van der Waals surface area contributed by atoms with Crippen LogP contribution < -0.4 is 5.32 Å². The lowest BCUT2D eigenvalue weighted by atomic mass is 9.80. The Morgan fingerprint density at radius 1 is 1.38 bits per heavy atom. The number of carboxylic acids is 1. The number of piperidine rings is 1. The number of hydrogen-bond donors (Lipinski definition) is 2. The van der Waals surface area contributed by atoms with E-state index in [1.165, 1.54) is 0 Å². The van der Waals surface area contributed by atoms with Gasteiger partial charge in [-0.2, -0.15) is 0 Å². The normalized spacial score (nSPS) is 23.0. The van der Waals surface area contributed by atoms with Gasteiger partial charge >= 0.3 is 12.1 Å². The van der Waals surface area contributed by atoms with Gasteiger partial charge in [0.25, 0.3) is 0 Å². The molecule has 2 unspecified atom stereocenters. The highest BCUT2D eigenvalue weighted by Gasteiger charge is 2.39. The molecule has 7 nitrogen and oxygen atoms in total. The second-order valence-electron chi connectivity index (χ2n) is 7.62. The summed E-state index contributed by atoms with van der Waals surface area (Å²) in [7, 11) is 1.63. The lowest BCUT2D eigenvalue weighted by molar-refractivity contribution is -0.139. The van der Waals surface area contributed by atoms with Crippen molar-refractivity contribution in [1.29, 1.82) is 0 Å². The first kappa shape index (κ1) is 20.7. The van der Waals surface area contributed by atoms with Crippen LogP contribution in [0.5, 0.6) is 0 Å². The van der Waals surface area contributed by atoms with Crippen LogP contribution in [0.3, 0.4) is 0 Å². The van der Waals surface area contributed by atoms with E-state index in [9.17, 15) is 14.7 Å². The molecule has 2 atom stereocenters. The van der Waals surface area contributed by atoms with Gasteiger partial charge in [0, 0.05) is 32.2 Å². The maximum atomic E-state index is 12.4. The molecular formula is C17H32N2O5. The van der Waals surface area contributed by atoms with Crippen molar-refractivity contribution >= 4 is 12.1 Å². The number of nitrogens with zero attached hydrogens (tertiary/aromatic N) is 1. The minimum atomic E-state index is -0.857. The van der Waals surface area contributed by atoms with Crippen molar-refractivity contribution in [3.63, 3.8) is 0 Å². The zero-order chi connectivity index (χ0) is 18.4. The third-order valence-electron chi connectivity index (χ3n) is 4.19. The number of methoxy groups -OCH3 is 1. The van der Waals surface area contributed by atoms with E-state index in [-0.39, 0.29) is 11.5 Å². The van der Waals surface area contributed by atoms with E-state index >= 15 is 0 Å². The molecule has 1 heterocycles. The number of carbonyl (C=O) groups is 2. The molecule has 1 aliphatic rings. The predicted octanol–water partition coefficient (Wildman–Crippen LogP) is 2.10. The molecule has 2 N–H and O–H groups in total. The molecule has 0 aromatic carbocycles. The molecule has 0 aliphatic carbocycles. The smallest absolute Gasteiger partial charge is 0.410 e. The van der Waals surface area contributed by atoms with E-state index in [2.05, 4.69) is 5.32 Å². The summed E-state index contributed by atoms with van der Waals surface area (Å²) in [6.45, 7) is 9.48. The summed E-state index contributed by atoms with van der Waals surface area (Å²) in [5.74, 6) is -0.857. The van der Waals surface area contributed by atoms with Crippen LogP contribution in [0.2, 0.25) is 0 Å². The summed E-state index contributed by atoms with van der Waals surface area (Å²) in [6, 6.07) is -0.587. The van der Waals surface area contributed by atoms with Crippen molar-refractivity contribution in [2.45, 2.75) is 58.6 Å². The van der Waals surface area contributed by atoms with Crippen molar-refractivity contribution in [2.75, 3.05) is 33.4 Å². The molecule has 1 fully saturated rings. The number of ether oxygens (including phenoxy) is 2. The summed E-state index contributed by atoms with van der Waals surface area (Å²) < 4.78 is 10.8. The van der Waals surface area contributed by atoms with Gasteiger partial charge in [-0.1, -0.05) is 6.92 Å². The van der Waals surface area contributed by atoms with E-state index in [4.69, 9.17) is 9.47 Å². The standard InChI is InChI=1S/C17H32N2O5/c1-6-13(14(20)21)18-10-17(12-23-5)8-7-9-19(11-17)15(22)24-16(2,3)4/h13,18H,6-12H2,1-5H3,(H,20,21). The van der Waals surface area contributed by atoms with Crippen molar-refractivity contribution in [1.82, 2.24) is 10.2 Å². The summed E-state index contributed by atoms with van der Waals surface area (Å²) in [4.78, 5) is 25.3. The molecule has 1 saturated heterocycles. The number of carboxylic acid groups (broad SMARTS) is 1. The van der Waals surface area contributed by atoms with Gasteiger partial charge in [0.05, 0.1) is 6.61 Å². The predicted molar refractivity (Wildman–Crippen MR) is 91.1 cm³/mol. The number of hydrogen-bond acceptors (Lipinski definition) is 5. The van der Waals surface area contributed by atoms with Gasteiger partial charge in [-0.25, -0.2) is 4.79 Å². The number of aliphatic carboxylic acids is 1. The topological polar surface area (TPSA) is 88.1 Å². The Morgan fingerprint density at radius 2 is 2.04 bits per heavy atom. The van der Waals surface area contributed by atoms with Crippen LogP contribution >= 0.6 is 0 Å². The molecule has 1 rings (SSSR count). The summed E-state index contributed by atoms with van der Waals surface area (Å²) in [5, 5.41) is 12.3.